The smallest absolute Gasteiger partial charge is 0.428 e. The van der Waals surface area contributed by atoms with Gasteiger partial charge in [0, 0.05) is 35.5 Å². The van der Waals surface area contributed by atoms with Crippen LogP contribution in [0.4, 0.5) is 23.7 Å². The summed E-state index contributed by atoms with van der Waals surface area (Å²) in [7, 11) is 0. The van der Waals surface area contributed by atoms with Crippen LogP contribution in [-0.4, -0.2) is 26.7 Å². The third-order valence-electron chi connectivity index (χ3n) is 5.00. The summed E-state index contributed by atoms with van der Waals surface area (Å²) in [4.78, 5) is 26.8. The van der Waals surface area contributed by atoms with Crippen LogP contribution >= 0.6 is 0 Å². The maximum absolute atomic E-state index is 12.9. The van der Waals surface area contributed by atoms with E-state index in [1.807, 2.05) is 20.8 Å². The van der Waals surface area contributed by atoms with Crippen LogP contribution in [0.25, 0.3) is 11.4 Å². The number of rotatable bonds is 6. The Bertz CT molecular complexity index is 1150. The molecule has 0 aliphatic heterocycles. The van der Waals surface area contributed by atoms with E-state index >= 15 is 0 Å². The van der Waals surface area contributed by atoms with Crippen molar-refractivity contribution in [1.29, 1.82) is 0 Å². The summed E-state index contributed by atoms with van der Waals surface area (Å²) in [6, 6.07) is 9.59. The molecule has 0 saturated heterocycles. The Kier molecular flexibility index (Phi) is 6.94. The summed E-state index contributed by atoms with van der Waals surface area (Å²) < 4.78 is 50.9. The number of carbonyl (C=O) groups is 1. The molecule has 0 N–H and O–H groups in total. The van der Waals surface area contributed by atoms with Crippen molar-refractivity contribution in [3.63, 3.8) is 0 Å². The fraction of sp³-hybridized carbons (Fsp3) is 0.304. The Morgan fingerprint density at radius 1 is 1.09 bits per heavy atom. The molecular weight excluding hydrogens is 455 g/mol. The Morgan fingerprint density at radius 2 is 1.71 bits per heavy atom. The number of benzene rings is 2. The van der Waals surface area contributed by atoms with Crippen LogP contribution in [0.3, 0.4) is 0 Å². The average molecular weight is 477 g/mol. The number of halogens is 3. The van der Waals surface area contributed by atoms with Gasteiger partial charge >= 0.3 is 12.3 Å². The van der Waals surface area contributed by atoms with Crippen LogP contribution in [0, 0.1) is 15.5 Å². The van der Waals surface area contributed by atoms with E-state index in [2.05, 4.69) is 4.98 Å². The van der Waals surface area contributed by atoms with Crippen molar-refractivity contribution in [2.75, 3.05) is 0 Å². The molecule has 0 fully saturated rings. The summed E-state index contributed by atoms with van der Waals surface area (Å²) in [5.41, 5.74) is -0.974. The molecule has 0 bridgehead atoms. The molecule has 1 heterocycles. The van der Waals surface area contributed by atoms with Gasteiger partial charge < -0.3 is 14.0 Å². The third-order valence-corrected chi connectivity index (χ3v) is 5.00. The van der Waals surface area contributed by atoms with Crippen molar-refractivity contribution in [3.05, 3.63) is 76.6 Å². The minimum absolute atomic E-state index is 0.0799. The van der Waals surface area contributed by atoms with Gasteiger partial charge in [0.15, 0.2) is 0 Å². The number of aromatic nitrogens is 2. The van der Waals surface area contributed by atoms with Gasteiger partial charge in [-0.15, -0.1) is 0 Å². The summed E-state index contributed by atoms with van der Waals surface area (Å²) in [5.74, 6) is 0.492. The molecule has 0 amide bonds. The maximum atomic E-state index is 12.9. The first-order valence-electron chi connectivity index (χ1n) is 10.2. The van der Waals surface area contributed by atoms with E-state index in [4.69, 9.17) is 9.47 Å². The average Bonchev–Trinajstić information content (AvgIpc) is 3.20. The fourth-order valence-corrected chi connectivity index (χ4v) is 3.06. The predicted molar refractivity (Wildman–Crippen MR) is 116 cm³/mol. The van der Waals surface area contributed by atoms with Crippen LogP contribution in [-0.2, 0) is 17.5 Å². The van der Waals surface area contributed by atoms with Crippen molar-refractivity contribution in [3.8, 4) is 17.1 Å². The number of nitro benzene ring substituents is 1. The van der Waals surface area contributed by atoms with Crippen molar-refractivity contribution in [2.45, 2.75) is 39.6 Å². The zero-order chi connectivity index (χ0) is 25.1. The summed E-state index contributed by atoms with van der Waals surface area (Å²) in [5, 5.41) is 10.7. The largest absolute Gasteiger partial charge is 0.514 e. The van der Waals surface area contributed by atoms with Crippen molar-refractivity contribution >= 4 is 11.8 Å². The Hall–Kier alpha value is -3.89. The quantitative estimate of drug-likeness (QED) is 0.184. The highest BCUT2D eigenvalue weighted by molar-refractivity contribution is 5.64. The van der Waals surface area contributed by atoms with E-state index in [-0.39, 0.29) is 18.0 Å². The van der Waals surface area contributed by atoms with Crippen molar-refractivity contribution in [2.24, 2.45) is 5.41 Å². The van der Waals surface area contributed by atoms with Gasteiger partial charge in [-0.2, -0.15) is 13.2 Å². The lowest BCUT2D eigenvalue weighted by atomic mass is 9.89. The first-order chi connectivity index (χ1) is 15.8. The summed E-state index contributed by atoms with van der Waals surface area (Å²) in [6.45, 7) is 5.72. The summed E-state index contributed by atoms with van der Waals surface area (Å²) in [6.07, 6.45) is -2.99. The zero-order valence-corrected chi connectivity index (χ0v) is 18.6. The van der Waals surface area contributed by atoms with Crippen LogP contribution < -0.4 is 4.74 Å². The number of non-ortho nitro benzene ring substituents is 1. The third kappa shape index (κ3) is 6.12. The number of ether oxygens (including phenoxy) is 2. The standard InChI is InChI=1S/C23H22F3N3O5/c1-22(2,3)19(34-21(30)33-18-10-8-17(9-11-18)29(31)32)14-28-13-12-27-20(28)15-4-6-16(7-5-15)23(24,25)26/h4-13,19H,14H2,1-3H3. The van der Waals surface area contributed by atoms with Gasteiger partial charge in [0.2, 0.25) is 0 Å². The SMILES string of the molecule is CC(C)(C)C(Cn1ccnc1-c1ccc(C(F)(F)F)cc1)OC(=O)Oc1ccc([N+](=O)[O-])cc1. The van der Waals surface area contributed by atoms with Crippen LogP contribution in [0.5, 0.6) is 5.75 Å². The molecule has 0 aliphatic rings. The Balaban J connectivity index is 1.75. The molecule has 180 valence electrons. The number of nitro groups is 1. The monoisotopic (exact) mass is 477 g/mol. The number of nitrogens with zero attached hydrogens (tertiary/aromatic N) is 3. The second-order valence-corrected chi connectivity index (χ2v) is 8.55. The number of imidazole rings is 1. The highest BCUT2D eigenvalue weighted by atomic mass is 19.4. The second kappa shape index (κ2) is 9.54. The lowest BCUT2D eigenvalue weighted by molar-refractivity contribution is -0.384. The molecule has 1 atom stereocenters. The number of alkyl halides is 3. The van der Waals surface area contributed by atoms with Gasteiger partial charge in [-0.05, 0) is 24.3 Å². The zero-order valence-electron chi connectivity index (χ0n) is 18.6. The molecule has 0 radical (unpaired) electrons. The van der Waals surface area contributed by atoms with Crippen LogP contribution in [0.2, 0.25) is 0 Å². The summed E-state index contributed by atoms with van der Waals surface area (Å²) >= 11 is 0. The molecule has 8 nitrogen and oxygen atoms in total. The molecule has 0 spiro atoms. The second-order valence-electron chi connectivity index (χ2n) is 8.55. The van der Waals surface area contributed by atoms with E-state index in [1.54, 1.807) is 10.8 Å². The highest BCUT2D eigenvalue weighted by Gasteiger charge is 2.32. The lowest BCUT2D eigenvalue weighted by Gasteiger charge is -2.30. The molecule has 1 aromatic heterocycles. The predicted octanol–water partition coefficient (Wildman–Crippen LogP) is 6.11. The fourth-order valence-electron chi connectivity index (χ4n) is 3.06. The molecular formula is C23H22F3N3O5. The number of hydrogen-bond acceptors (Lipinski definition) is 6. The normalized spacial score (nSPS) is 12.8. The van der Waals surface area contributed by atoms with Gasteiger partial charge in [0.25, 0.3) is 5.69 Å². The molecule has 0 aliphatic carbocycles. The Morgan fingerprint density at radius 3 is 2.24 bits per heavy atom. The van der Waals surface area contributed by atoms with E-state index in [0.29, 0.717) is 11.4 Å². The maximum Gasteiger partial charge on any atom is 0.514 e. The number of carbonyl (C=O) groups excluding carboxylic acids is 1. The van der Waals surface area contributed by atoms with Gasteiger partial charge in [-0.3, -0.25) is 10.1 Å². The van der Waals surface area contributed by atoms with E-state index in [0.717, 1.165) is 12.1 Å². The molecule has 2 aromatic carbocycles. The first-order valence-corrected chi connectivity index (χ1v) is 10.2. The van der Waals surface area contributed by atoms with E-state index < -0.39 is 34.3 Å². The van der Waals surface area contributed by atoms with Gasteiger partial charge in [0.05, 0.1) is 17.0 Å². The molecule has 3 rings (SSSR count). The molecule has 11 heteroatoms. The van der Waals surface area contributed by atoms with Gasteiger partial charge in [-0.25, -0.2) is 9.78 Å². The number of hydrogen-bond donors (Lipinski definition) is 0. The van der Waals surface area contributed by atoms with Gasteiger partial charge in [0.1, 0.15) is 17.7 Å². The lowest BCUT2D eigenvalue weighted by Crippen LogP contribution is -2.36. The van der Waals surface area contributed by atoms with Crippen LogP contribution in [0.15, 0.2) is 60.9 Å². The van der Waals surface area contributed by atoms with E-state index in [9.17, 15) is 28.1 Å². The molecule has 34 heavy (non-hydrogen) atoms. The molecule has 3 aromatic rings. The topological polar surface area (TPSA) is 96.5 Å². The molecule has 1 unspecified atom stereocenters. The minimum Gasteiger partial charge on any atom is -0.428 e. The first kappa shape index (κ1) is 24.7. The van der Waals surface area contributed by atoms with Crippen molar-refractivity contribution in [1.82, 2.24) is 9.55 Å². The Labute approximate surface area is 193 Å². The van der Waals surface area contributed by atoms with Crippen molar-refractivity contribution < 1.29 is 32.4 Å². The van der Waals surface area contributed by atoms with Gasteiger partial charge in [-0.1, -0.05) is 32.9 Å². The van der Waals surface area contributed by atoms with E-state index in [1.165, 1.54) is 42.6 Å². The minimum atomic E-state index is -4.44. The van der Waals surface area contributed by atoms with Crippen LogP contribution in [0.1, 0.15) is 26.3 Å². The molecule has 0 saturated carbocycles. The highest BCUT2D eigenvalue weighted by Crippen LogP contribution is 2.31.